The number of rotatable bonds is 3. The summed E-state index contributed by atoms with van der Waals surface area (Å²) in [6, 6.07) is 4.90. The monoisotopic (exact) mass is 243 g/mol. The molecule has 1 heterocycles. The van der Waals surface area contributed by atoms with Gasteiger partial charge in [0.2, 0.25) is 0 Å². The van der Waals surface area contributed by atoms with E-state index in [2.05, 4.69) is 5.32 Å². The smallest absolute Gasteiger partial charge is 0.121 e. The third-order valence-corrected chi connectivity index (χ3v) is 3.04. The molecule has 0 aromatic heterocycles. The third kappa shape index (κ3) is 2.47. The van der Waals surface area contributed by atoms with Crippen molar-refractivity contribution in [3.63, 3.8) is 0 Å². The molecule has 0 amide bonds. The van der Waals surface area contributed by atoms with Crippen molar-refractivity contribution in [2.24, 2.45) is 0 Å². The van der Waals surface area contributed by atoms with Crippen molar-refractivity contribution >= 4 is 11.6 Å². The molecule has 1 aromatic rings. The van der Waals surface area contributed by atoms with Crippen LogP contribution in [0.1, 0.15) is 5.56 Å². The Kier molecular flexibility index (Phi) is 3.66. The fraction of sp³-hybridized carbons (Fsp3) is 0.455. The molecule has 16 heavy (non-hydrogen) atoms. The number of aliphatic hydroxyl groups is 1. The van der Waals surface area contributed by atoms with Crippen molar-refractivity contribution in [2.75, 3.05) is 13.2 Å². The molecular formula is C11H14ClNO3. The summed E-state index contributed by atoms with van der Waals surface area (Å²) in [5.74, 6) is 0.161. The van der Waals surface area contributed by atoms with Crippen molar-refractivity contribution in [2.45, 2.75) is 18.7 Å². The van der Waals surface area contributed by atoms with Gasteiger partial charge in [0.15, 0.2) is 0 Å². The zero-order valence-electron chi connectivity index (χ0n) is 8.69. The Bertz CT molecular complexity index is 352. The highest BCUT2D eigenvalue weighted by Crippen LogP contribution is 2.25. The van der Waals surface area contributed by atoms with E-state index in [9.17, 15) is 10.2 Å². The molecule has 1 saturated heterocycles. The van der Waals surface area contributed by atoms with Crippen LogP contribution in [0.5, 0.6) is 5.75 Å². The normalized spacial score (nSPS) is 24.9. The number of ether oxygens (including phenoxy) is 1. The molecule has 1 aromatic carbocycles. The van der Waals surface area contributed by atoms with Gasteiger partial charge < -0.3 is 20.3 Å². The van der Waals surface area contributed by atoms with Crippen molar-refractivity contribution in [1.29, 1.82) is 0 Å². The Morgan fingerprint density at radius 1 is 1.44 bits per heavy atom. The summed E-state index contributed by atoms with van der Waals surface area (Å²) < 4.78 is 5.11. The third-order valence-electron chi connectivity index (χ3n) is 2.69. The lowest BCUT2D eigenvalue weighted by Crippen LogP contribution is -2.38. The second-order valence-electron chi connectivity index (χ2n) is 3.83. The average molecular weight is 244 g/mol. The molecule has 1 aliphatic rings. The number of hydrogen-bond donors (Lipinski definition) is 3. The Labute approximate surface area is 98.8 Å². The zero-order chi connectivity index (χ0) is 11.5. The van der Waals surface area contributed by atoms with Gasteiger partial charge in [-0.15, -0.1) is 0 Å². The SMILES string of the molecule is Oc1cccc(Cl)c1CNC1COCC1O. The number of hydrogen-bond acceptors (Lipinski definition) is 4. The Hall–Kier alpha value is -0.810. The van der Waals surface area contributed by atoms with Gasteiger partial charge in [-0.1, -0.05) is 17.7 Å². The highest BCUT2D eigenvalue weighted by atomic mass is 35.5. The largest absolute Gasteiger partial charge is 0.508 e. The predicted molar refractivity (Wildman–Crippen MR) is 60.6 cm³/mol. The standard InChI is InChI=1S/C11H14ClNO3/c12-8-2-1-3-10(14)7(8)4-13-9-5-16-6-11(9)15/h1-3,9,11,13-15H,4-6H2. The molecular weight excluding hydrogens is 230 g/mol. The van der Waals surface area contributed by atoms with Gasteiger partial charge in [0.05, 0.1) is 25.4 Å². The summed E-state index contributed by atoms with van der Waals surface area (Å²) in [6.07, 6.45) is -0.496. The predicted octanol–water partition coefficient (Wildman–Crippen LogP) is 0.895. The quantitative estimate of drug-likeness (QED) is 0.738. The van der Waals surface area contributed by atoms with Gasteiger partial charge >= 0.3 is 0 Å². The van der Waals surface area contributed by atoms with Gasteiger partial charge in [-0.3, -0.25) is 0 Å². The molecule has 0 radical (unpaired) electrons. The van der Waals surface area contributed by atoms with E-state index >= 15 is 0 Å². The lowest BCUT2D eigenvalue weighted by atomic mass is 10.1. The summed E-state index contributed by atoms with van der Waals surface area (Å²) in [6.45, 7) is 1.25. The van der Waals surface area contributed by atoms with Crippen LogP contribution < -0.4 is 5.32 Å². The summed E-state index contributed by atoms with van der Waals surface area (Å²) in [7, 11) is 0. The van der Waals surface area contributed by atoms with Gasteiger partial charge in [0.1, 0.15) is 5.75 Å². The van der Waals surface area contributed by atoms with Gasteiger partial charge in [0, 0.05) is 17.1 Å². The van der Waals surface area contributed by atoms with E-state index in [1.165, 1.54) is 0 Å². The fourth-order valence-corrected chi connectivity index (χ4v) is 1.93. The number of aliphatic hydroxyl groups excluding tert-OH is 1. The molecule has 0 bridgehead atoms. The number of aromatic hydroxyl groups is 1. The molecule has 3 N–H and O–H groups in total. The van der Waals surface area contributed by atoms with Gasteiger partial charge in [-0.05, 0) is 12.1 Å². The summed E-state index contributed by atoms with van der Waals surface area (Å²) in [5.41, 5.74) is 0.642. The molecule has 1 aliphatic heterocycles. The maximum absolute atomic E-state index is 9.61. The minimum Gasteiger partial charge on any atom is -0.508 e. The molecule has 0 aliphatic carbocycles. The van der Waals surface area contributed by atoms with Gasteiger partial charge in [-0.25, -0.2) is 0 Å². The van der Waals surface area contributed by atoms with E-state index in [4.69, 9.17) is 16.3 Å². The van der Waals surface area contributed by atoms with Crippen LogP contribution in [0, 0.1) is 0 Å². The molecule has 4 nitrogen and oxygen atoms in total. The first-order valence-corrected chi connectivity index (χ1v) is 5.52. The first-order valence-electron chi connectivity index (χ1n) is 5.14. The molecule has 2 atom stereocenters. The van der Waals surface area contributed by atoms with Crippen molar-refractivity contribution in [3.8, 4) is 5.75 Å². The highest BCUT2D eigenvalue weighted by Gasteiger charge is 2.25. The molecule has 1 fully saturated rings. The van der Waals surface area contributed by atoms with Crippen LogP contribution in [0.25, 0.3) is 0 Å². The van der Waals surface area contributed by atoms with Crippen LogP contribution in [-0.2, 0) is 11.3 Å². The second-order valence-corrected chi connectivity index (χ2v) is 4.24. The first-order chi connectivity index (χ1) is 7.68. The summed E-state index contributed by atoms with van der Waals surface area (Å²) in [5, 5.41) is 22.8. The van der Waals surface area contributed by atoms with Crippen LogP contribution in [-0.4, -0.2) is 35.6 Å². The highest BCUT2D eigenvalue weighted by molar-refractivity contribution is 6.31. The lowest BCUT2D eigenvalue weighted by molar-refractivity contribution is 0.122. The van der Waals surface area contributed by atoms with Crippen LogP contribution in [0.2, 0.25) is 5.02 Å². The van der Waals surface area contributed by atoms with Crippen molar-refractivity contribution in [3.05, 3.63) is 28.8 Å². The number of halogens is 1. The number of phenols is 1. The van der Waals surface area contributed by atoms with Crippen molar-refractivity contribution < 1.29 is 14.9 Å². The molecule has 0 spiro atoms. The molecule has 2 unspecified atom stereocenters. The van der Waals surface area contributed by atoms with Gasteiger partial charge in [-0.2, -0.15) is 0 Å². The fourth-order valence-electron chi connectivity index (χ4n) is 1.69. The maximum atomic E-state index is 9.61. The van der Waals surface area contributed by atoms with Gasteiger partial charge in [0.25, 0.3) is 0 Å². The molecule has 88 valence electrons. The van der Waals surface area contributed by atoms with Crippen LogP contribution in [0.15, 0.2) is 18.2 Å². The Balaban J connectivity index is 1.99. The maximum Gasteiger partial charge on any atom is 0.121 e. The van der Waals surface area contributed by atoms with E-state index in [1.54, 1.807) is 18.2 Å². The van der Waals surface area contributed by atoms with E-state index in [0.717, 1.165) is 0 Å². The second kappa shape index (κ2) is 5.01. The number of phenolic OH excluding ortho intramolecular Hbond substituents is 1. The first kappa shape index (κ1) is 11.7. The van der Waals surface area contributed by atoms with Crippen LogP contribution in [0.4, 0.5) is 0 Å². The van der Waals surface area contributed by atoms with E-state index in [-0.39, 0.29) is 11.8 Å². The number of benzene rings is 1. The zero-order valence-corrected chi connectivity index (χ0v) is 9.44. The summed E-state index contributed by atoms with van der Waals surface area (Å²) in [4.78, 5) is 0. The van der Waals surface area contributed by atoms with E-state index in [0.29, 0.717) is 30.3 Å². The average Bonchev–Trinajstić information content (AvgIpc) is 2.64. The molecule has 5 heteroatoms. The van der Waals surface area contributed by atoms with E-state index < -0.39 is 6.10 Å². The minimum absolute atomic E-state index is 0.101. The topological polar surface area (TPSA) is 61.7 Å². The lowest BCUT2D eigenvalue weighted by Gasteiger charge is -2.15. The number of nitrogens with one attached hydrogen (secondary N) is 1. The Morgan fingerprint density at radius 2 is 2.25 bits per heavy atom. The molecule has 0 saturated carbocycles. The van der Waals surface area contributed by atoms with Crippen LogP contribution in [0.3, 0.4) is 0 Å². The van der Waals surface area contributed by atoms with E-state index in [1.807, 2.05) is 0 Å². The summed E-state index contributed by atoms with van der Waals surface area (Å²) >= 11 is 5.96. The minimum atomic E-state index is -0.496. The van der Waals surface area contributed by atoms with Crippen LogP contribution >= 0.6 is 11.6 Å². The Morgan fingerprint density at radius 3 is 2.88 bits per heavy atom. The van der Waals surface area contributed by atoms with Crippen molar-refractivity contribution in [1.82, 2.24) is 5.32 Å². The molecule has 2 rings (SSSR count).